The second-order valence-corrected chi connectivity index (χ2v) is 5.62. The van der Waals surface area contributed by atoms with Gasteiger partial charge in [-0.25, -0.2) is 4.98 Å². The standard InChI is InChI=1S/C18H19N3O4/c19-18-15(11-22)9-14(10-20-18)13-1-3-16(4-2-13)25-12-17(23)21-5-7-24-8-6-21/h1-4,9-11H,5-8,12H2,(H2,19,20). The molecule has 0 spiro atoms. The lowest BCUT2D eigenvalue weighted by Gasteiger charge is -2.26. The molecule has 1 amide bonds. The molecule has 7 heteroatoms. The number of nitrogens with two attached hydrogens (primary N) is 1. The molecular formula is C18H19N3O4. The van der Waals surface area contributed by atoms with Crippen LogP contribution >= 0.6 is 0 Å². The number of benzene rings is 1. The average molecular weight is 341 g/mol. The van der Waals surface area contributed by atoms with Gasteiger partial charge >= 0.3 is 0 Å². The molecule has 0 atom stereocenters. The lowest BCUT2D eigenvalue weighted by atomic mass is 10.1. The van der Waals surface area contributed by atoms with Gasteiger partial charge in [0.2, 0.25) is 0 Å². The summed E-state index contributed by atoms with van der Waals surface area (Å²) in [5, 5.41) is 0. The fraction of sp³-hybridized carbons (Fsp3) is 0.278. The zero-order valence-electron chi connectivity index (χ0n) is 13.7. The van der Waals surface area contributed by atoms with Crippen molar-refractivity contribution in [1.29, 1.82) is 0 Å². The van der Waals surface area contributed by atoms with Gasteiger partial charge in [0.15, 0.2) is 12.9 Å². The molecule has 3 rings (SSSR count). The number of anilines is 1. The van der Waals surface area contributed by atoms with Gasteiger partial charge < -0.3 is 20.1 Å². The third-order valence-electron chi connectivity index (χ3n) is 3.99. The SMILES string of the molecule is Nc1ncc(-c2ccc(OCC(=O)N3CCOCC3)cc2)cc1C=O. The Hall–Kier alpha value is -2.93. The van der Waals surface area contributed by atoms with E-state index in [1.54, 1.807) is 29.3 Å². The average Bonchev–Trinajstić information content (AvgIpc) is 2.67. The van der Waals surface area contributed by atoms with Gasteiger partial charge in [0, 0.05) is 24.8 Å². The summed E-state index contributed by atoms with van der Waals surface area (Å²) < 4.78 is 10.8. The maximum Gasteiger partial charge on any atom is 0.260 e. The van der Waals surface area contributed by atoms with Crippen molar-refractivity contribution in [3.05, 3.63) is 42.1 Å². The van der Waals surface area contributed by atoms with Crippen molar-refractivity contribution in [1.82, 2.24) is 9.88 Å². The number of carbonyl (C=O) groups excluding carboxylic acids is 2. The molecule has 0 radical (unpaired) electrons. The molecule has 0 unspecified atom stereocenters. The zero-order chi connectivity index (χ0) is 17.6. The largest absolute Gasteiger partial charge is 0.484 e. The van der Waals surface area contributed by atoms with E-state index >= 15 is 0 Å². The smallest absolute Gasteiger partial charge is 0.260 e. The van der Waals surface area contributed by atoms with E-state index in [9.17, 15) is 9.59 Å². The number of hydrogen-bond donors (Lipinski definition) is 1. The van der Waals surface area contributed by atoms with Gasteiger partial charge in [-0.15, -0.1) is 0 Å². The Morgan fingerprint density at radius 1 is 1.24 bits per heavy atom. The molecule has 2 heterocycles. The van der Waals surface area contributed by atoms with Crippen molar-refractivity contribution >= 4 is 18.0 Å². The highest BCUT2D eigenvalue weighted by Crippen LogP contribution is 2.23. The van der Waals surface area contributed by atoms with E-state index in [2.05, 4.69) is 4.98 Å². The number of pyridine rings is 1. The second kappa shape index (κ2) is 7.76. The molecule has 0 saturated carbocycles. The highest BCUT2D eigenvalue weighted by atomic mass is 16.5. The van der Waals surface area contributed by atoms with Crippen LogP contribution in [0.5, 0.6) is 5.75 Å². The Bertz CT molecular complexity index is 755. The maximum absolute atomic E-state index is 12.1. The van der Waals surface area contributed by atoms with E-state index in [1.807, 2.05) is 12.1 Å². The summed E-state index contributed by atoms with van der Waals surface area (Å²) in [5.74, 6) is 0.760. The van der Waals surface area contributed by atoms with Gasteiger partial charge in [0.05, 0.1) is 18.8 Å². The first-order valence-electron chi connectivity index (χ1n) is 7.97. The van der Waals surface area contributed by atoms with E-state index < -0.39 is 0 Å². The van der Waals surface area contributed by atoms with Crippen LogP contribution in [-0.2, 0) is 9.53 Å². The van der Waals surface area contributed by atoms with Crippen LogP contribution < -0.4 is 10.5 Å². The quantitative estimate of drug-likeness (QED) is 0.826. The van der Waals surface area contributed by atoms with E-state index in [4.69, 9.17) is 15.2 Å². The van der Waals surface area contributed by atoms with E-state index in [0.717, 1.165) is 11.1 Å². The van der Waals surface area contributed by atoms with Crippen LogP contribution in [-0.4, -0.2) is 55.0 Å². The Morgan fingerprint density at radius 2 is 1.96 bits per heavy atom. The lowest BCUT2D eigenvalue weighted by molar-refractivity contribution is -0.137. The van der Waals surface area contributed by atoms with Crippen molar-refractivity contribution < 1.29 is 19.1 Å². The summed E-state index contributed by atoms with van der Waals surface area (Å²) in [5.41, 5.74) is 7.64. The van der Waals surface area contributed by atoms with Crippen molar-refractivity contribution in [3.8, 4) is 16.9 Å². The summed E-state index contributed by atoms with van der Waals surface area (Å²) in [6, 6.07) is 8.93. The molecule has 2 aromatic rings. The van der Waals surface area contributed by atoms with Gasteiger partial charge in [-0.3, -0.25) is 9.59 Å². The van der Waals surface area contributed by atoms with Gasteiger partial charge in [-0.05, 0) is 23.8 Å². The molecule has 1 saturated heterocycles. The van der Waals surface area contributed by atoms with Crippen LogP contribution in [0, 0.1) is 0 Å². The number of amides is 1. The third-order valence-corrected chi connectivity index (χ3v) is 3.99. The minimum Gasteiger partial charge on any atom is -0.484 e. The Balaban J connectivity index is 1.62. The molecule has 130 valence electrons. The summed E-state index contributed by atoms with van der Waals surface area (Å²) in [7, 11) is 0. The predicted octanol–water partition coefficient (Wildman–Crippen LogP) is 1.38. The molecule has 1 aliphatic rings. The number of aromatic nitrogens is 1. The lowest BCUT2D eigenvalue weighted by Crippen LogP contribution is -2.42. The minimum atomic E-state index is -0.0502. The van der Waals surface area contributed by atoms with Gasteiger partial charge in [-0.1, -0.05) is 12.1 Å². The minimum absolute atomic E-state index is 0.00192. The normalized spacial score (nSPS) is 14.2. The number of morpholine rings is 1. The number of hydrogen-bond acceptors (Lipinski definition) is 6. The van der Waals surface area contributed by atoms with Crippen LogP contribution in [0.15, 0.2) is 36.5 Å². The summed E-state index contributed by atoms with van der Waals surface area (Å²) >= 11 is 0. The van der Waals surface area contributed by atoms with Gasteiger partial charge in [-0.2, -0.15) is 0 Å². The third kappa shape index (κ3) is 4.13. The number of carbonyl (C=O) groups is 2. The molecule has 1 fully saturated rings. The molecule has 25 heavy (non-hydrogen) atoms. The van der Waals surface area contributed by atoms with Gasteiger partial charge in [0.1, 0.15) is 11.6 Å². The topological polar surface area (TPSA) is 94.8 Å². The number of nitrogens with zero attached hydrogens (tertiary/aromatic N) is 2. The Labute approximate surface area is 145 Å². The number of ether oxygens (including phenoxy) is 2. The summed E-state index contributed by atoms with van der Waals surface area (Å²) in [6.07, 6.45) is 2.29. The molecule has 7 nitrogen and oxygen atoms in total. The Kier molecular flexibility index (Phi) is 5.25. The van der Waals surface area contributed by atoms with Crippen molar-refractivity contribution in [2.75, 3.05) is 38.6 Å². The number of nitrogen functional groups attached to an aromatic ring is 1. The molecule has 2 N–H and O–H groups in total. The first kappa shape index (κ1) is 16.9. The zero-order valence-corrected chi connectivity index (χ0v) is 13.7. The summed E-state index contributed by atoms with van der Waals surface area (Å²) in [6.45, 7) is 2.34. The first-order valence-corrected chi connectivity index (χ1v) is 7.97. The highest BCUT2D eigenvalue weighted by molar-refractivity contribution is 5.84. The Morgan fingerprint density at radius 3 is 2.64 bits per heavy atom. The molecule has 1 aromatic carbocycles. The van der Waals surface area contributed by atoms with E-state index in [0.29, 0.717) is 43.9 Å². The monoisotopic (exact) mass is 341 g/mol. The first-order chi connectivity index (χ1) is 12.2. The molecule has 0 aliphatic carbocycles. The number of rotatable bonds is 5. The fourth-order valence-electron chi connectivity index (χ4n) is 2.54. The molecule has 1 aromatic heterocycles. The second-order valence-electron chi connectivity index (χ2n) is 5.62. The van der Waals surface area contributed by atoms with E-state index in [1.165, 1.54) is 0 Å². The molecule has 0 bridgehead atoms. The van der Waals surface area contributed by atoms with Gasteiger partial charge in [0.25, 0.3) is 5.91 Å². The van der Waals surface area contributed by atoms with Crippen molar-refractivity contribution in [3.63, 3.8) is 0 Å². The van der Waals surface area contributed by atoms with Crippen LogP contribution in [0.4, 0.5) is 5.82 Å². The number of aldehydes is 1. The van der Waals surface area contributed by atoms with Crippen LogP contribution in [0.3, 0.4) is 0 Å². The molecular weight excluding hydrogens is 322 g/mol. The summed E-state index contributed by atoms with van der Waals surface area (Å²) in [4.78, 5) is 28.8. The van der Waals surface area contributed by atoms with Crippen LogP contribution in [0.2, 0.25) is 0 Å². The van der Waals surface area contributed by atoms with Crippen LogP contribution in [0.1, 0.15) is 10.4 Å². The van der Waals surface area contributed by atoms with Crippen molar-refractivity contribution in [2.24, 2.45) is 0 Å². The van der Waals surface area contributed by atoms with E-state index in [-0.39, 0.29) is 18.3 Å². The predicted molar refractivity (Wildman–Crippen MR) is 92.4 cm³/mol. The fourth-order valence-corrected chi connectivity index (χ4v) is 2.54. The molecule has 1 aliphatic heterocycles. The maximum atomic E-state index is 12.1. The highest BCUT2D eigenvalue weighted by Gasteiger charge is 2.17. The van der Waals surface area contributed by atoms with Crippen LogP contribution in [0.25, 0.3) is 11.1 Å². The van der Waals surface area contributed by atoms with Crippen molar-refractivity contribution in [2.45, 2.75) is 0 Å².